The molecular formula is C16H24ClN3. The van der Waals surface area contributed by atoms with E-state index in [1.165, 1.54) is 5.39 Å². The minimum Gasteiger partial charge on any atom is -0.345 e. The highest BCUT2D eigenvalue weighted by molar-refractivity contribution is 6.35. The summed E-state index contributed by atoms with van der Waals surface area (Å²) < 4.78 is 2.22. The first-order valence-corrected chi connectivity index (χ1v) is 7.80. The molecule has 0 aliphatic heterocycles. The number of rotatable bonds is 8. The van der Waals surface area contributed by atoms with E-state index in [4.69, 9.17) is 11.6 Å². The Hall–Kier alpha value is -1.03. The molecule has 4 heteroatoms. The SMILES string of the molecule is CCN(CC)CCNCCn1ccc2cccc(Cl)c21. The number of fused-ring (bicyclic) bond motifs is 1. The number of nitrogens with zero attached hydrogens (tertiary/aromatic N) is 2. The molecule has 0 atom stereocenters. The molecule has 1 aromatic carbocycles. The van der Waals surface area contributed by atoms with Gasteiger partial charge in [0.15, 0.2) is 0 Å². The normalized spacial score (nSPS) is 11.6. The third kappa shape index (κ3) is 3.75. The summed E-state index contributed by atoms with van der Waals surface area (Å²) in [5.41, 5.74) is 1.14. The topological polar surface area (TPSA) is 20.2 Å². The van der Waals surface area contributed by atoms with Gasteiger partial charge in [-0.1, -0.05) is 37.6 Å². The number of para-hydroxylation sites is 1. The van der Waals surface area contributed by atoms with Gasteiger partial charge in [-0.25, -0.2) is 0 Å². The van der Waals surface area contributed by atoms with Gasteiger partial charge in [0.25, 0.3) is 0 Å². The molecule has 0 amide bonds. The Morgan fingerprint density at radius 2 is 1.95 bits per heavy atom. The van der Waals surface area contributed by atoms with Crippen molar-refractivity contribution in [3.8, 4) is 0 Å². The zero-order valence-corrected chi connectivity index (χ0v) is 13.2. The predicted molar refractivity (Wildman–Crippen MR) is 87.6 cm³/mol. The Morgan fingerprint density at radius 1 is 1.15 bits per heavy atom. The summed E-state index contributed by atoms with van der Waals surface area (Å²) in [4.78, 5) is 2.43. The summed E-state index contributed by atoms with van der Waals surface area (Å²) in [6.45, 7) is 10.7. The van der Waals surface area contributed by atoms with Crippen LogP contribution in [0.15, 0.2) is 30.5 Å². The molecule has 2 rings (SSSR count). The molecule has 0 fully saturated rings. The third-order valence-corrected chi connectivity index (χ3v) is 4.07. The quantitative estimate of drug-likeness (QED) is 0.754. The number of hydrogen-bond acceptors (Lipinski definition) is 2. The van der Waals surface area contributed by atoms with Gasteiger partial charge in [0, 0.05) is 37.8 Å². The van der Waals surface area contributed by atoms with Gasteiger partial charge >= 0.3 is 0 Å². The maximum atomic E-state index is 6.27. The molecule has 3 nitrogen and oxygen atoms in total. The van der Waals surface area contributed by atoms with Crippen LogP contribution in [0.3, 0.4) is 0 Å². The summed E-state index contributed by atoms with van der Waals surface area (Å²) in [5, 5.41) is 5.54. The highest BCUT2D eigenvalue weighted by Crippen LogP contribution is 2.23. The Balaban J connectivity index is 1.82. The zero-order valence-electron chi connectivity index (χ0n) is 12.4. The van der Waals surface area contributed by atoms with E-state index in [-0.39, 0.29) is 0 Å². The van der Waals surface area contributed by atoms with Crippen molar-refractivity contribution >= 4 is 22.5 Å². The smallest absolute Gasteiger partial charge is 0.0670 e. The Bertz CT molecular complexity index is 532. The van der Waals surface area contributed by atoms with Crippen LogP contribution in [0.25, 0.3) is 10.9 Å². The molecule has 0 bridgehead atoms. The number of benzene rings is 1. The van der Waals surface area contributed by atoms with Crippen LogP contribution in [0.1, 0.15) is 13.8 Å². The first-order chi connectivity index (χ1) is 9.76. The molecular weight excluding hydrogens is 270 g/mol. The molecule has 0 unspecified atom stereocenters. The van der Waals surface area contributed by atoms with Gasteiger partial charge < -0.3 is 14.8 Å². The van der Waals surface area contributed by atoms with Crippen LogP contribution in [0.2, 0.25) is 5.02 Å². The number of likely N-dealkylation sites (N-methyl/N-ethyl adjacent to an activating group) is 1. The Morgan fingerprint density at radius 3 is 2.70 bits per heavy atom. The molecule has 0 saturated heterocycles. The summed E-state index contributed by atoms with van der Waals surface area (Å²) >= 11 is 6.27. The van der Waals surface area contributed by atoms with Gasteiger partial charge in [0.2, 0.25) is 0 Å². The summed E-state index contributed by atoms with van der Waals surface area (Å²) in [6, 6.07) is 8.17. The van der Waals surface area contributed by atoms with E-state index in [1.807, 2.05) is 12.1 Å². The van der Waals surface area contributed by atoms with Crippen molar-refractivity contribution in [3.63, 3.8) is 0 Å². The van der Waals surface area contributed by atoms with Gasteiger partial charge in [-0.2, -0.15) is 0 Å². The van der Waals surface area contributed by atoms with E-state index in [0.29, 0.717) is 0 Å². The molecule has 1 N–H and O–H groups in total. The van der Waals surface area contributed by atoms with Gasteiger partial charge in [0.05, 0.1) is 10.5 Å². The second kappa shape index (κ2) is 7.67. The van der Waals surface area contributed by atoms with E-state index in [2.05, 4.69) is 47.0 Å². The average Bonchev–Trinajstić information content (AvgIpc) is 2.87. The van der Waals surface area contributed by atoms with Crippen LogP contribution in [-0.2, 0) is 6.54 Å². The lowest BCUT2D eigenvalue weighted by Crippen LogP contribution is -2.33. The number of halogens is 1. The fourth-order valence-corrected chi connectivity index (χ4v) is 2.79. The monoisotopic (exact) mass is 293 g/mol. The van der Waals surface area contributed by atoms with Crippen LogP contribution in [-0.4, -0.2) is 42.2 Å². The number of nitrogens with one attached hydrogen (secondary N) is 1. The van der Waals surface area contributed by atoms with E-state index in [1.54, 1.807) is 0 Å². The molecule has 0 spiro atoms. The number of aromatic nitrogens is 1. The molecule has 0 aliphatic rings. The van der Waals surface area contributed by atoms with Gasteiger partial charge in [-0.05, 0) is 25.2 Å². The van der Waals surface area contributed by atoms with Crippen LogP contribution in [0.4, 0.5) is 0 Å². The van der Waals surface area contributed by atoms with E-state index in [0.717, 1.165) is 49.8 Å². The summed E-state index contributed by atoms with van der Waals surface area (Å²) in [6.07, 6.45) is 2.11. The molecule has 1 aromatic heterocycles. The van der Waals surface area contributed by atoms with Crippen molar-refractivity contribution in [2.45, 2.75) is 20.4 Å². The Labute approximate surface area is 126 Å². The lowest BCUT2D eigenvalue weighted by molar-refractivity contribution is 0.302. The fraction of sp³-hybridized carbons (Fsp3) is 0.500. The Kier molecular flexibility index (Phi) is 5.89. The first-order valence-electron chi connectivity index (χ1n) is 7.42. The van der Waals surface area contributed by atoms with Crippen molar-refractivity contribution in [1.29, 1.82) is 0 Å². The highest BCUT2D eigenvalue weighted by atomic mass is 35.5. The average molecular weight is 294 g/mol. The highest BCUT2D eigenvalue weighted by Gasteiger charge is 2.04. The van der Waals surface area contributed by atoms with Gasteiger partial charge in [-0.15, -0.1) is 0 Å². The van der Waals surface area contributed by atoms with Gasteiger partial charge in [0.1, 0.15) is 0 Å². The van der Waals surface area contributed by atoms with Crippen LogP contribution in [0.5, 0.6) is 0 Å². The van der Waals surface area contributed by atoms with Gasteiger partial charge in [-0.3, -0.25) is 0 Å². The first kappa shape index (κ1) is 15.4. The van der Waals surface area contributed by atoms with Crippen molar-refractivity contribution in [3.05, 3.63) is 35.5 Å². The lowest BCUT2D eigenvalue weighted by Gasteiger charge is -2.18. The van der Waals surface area contributed by atoms with E-state index < -0.39 is 0 Å². The molecule has 0 saturated carbocycles. The predicted octanol–water partition coefficient (Wildman–Crippen LogP) is 3.23. The van der Waals surface area contributed by atoms with Crippen LogP contribution >= 0.6 is 11.6 Å². The van der Waals surface area contributed by atoms with Crippen LogP contribution in [0, 0.1) is 0 Å². The second-order valence-corrected chi connectivity index (χ2v) is 5.37. The molecule has 110 valence electrons. The second-order valence-electron chi connectivity index (χ2n) is 4.96. The van der Waals surface area contributed by atoms with E-state index >= 15 is 0 Å². The standard InChI is InChI=1S/C16H24ClN3/c1-3-19(4-2)12-9-18-10-13-20-11-8-14-6-5-7-15(17)16(14)20/h5-8,11,18H,3-4,9-10,12-13H2,1-2H3. The minimum atomic E-state index is 0.829. The summed E-state index contributed by atoms with van der Waals surface area (Å²) in [5.74, 6) is 0. The maximum absolute atomic E-state index is 6.27. The largest absolute Gasteiger partial charge is 0.345 e. The maximum Gasteiger partial charge on any atom is 0.0670 e. The molecule has 1 heterocycles. The van der Waals surface area contributed by atoms with Crippen molar-refractivity contribution in [2.24, 2.45) is 0 Å². The molecule has 2 aromatic rings. The molecule has 20 heavy (non-hydrogen) atoms. The lowest BCUT2D eigenvalue weighted by atomic mass is 10.2. The van der Waals surface area contributed by atoms with Crippen molar-refractivity contribution in [2.75, 3.05) is 32.7 Å². The minimum absolute atomic E-state index is 0.829. The van der Waals surface area contributed by atoms with Crippen molar-refractivity contribution < 1.29 is 0 Å². The van der Waals surface area contributed by atoms with Crippen LogP contribution < -0.4 is 5.32 Å². The zero-order chi connectivity index (χ0) is 14.4. The van der Waals surface area contributed by atoms with Crippen molar-refractivity contribution in [1.82, 2.24) is 14.8 Å². The van der Waals surface area contributed by atoms with E-state index in [9.17, 15) is 0 Å². The molecule has 0 radical (unpaired) electrons. The molecule has 0 aliphatic carbocycles. The number of hydrogen-bond donors (Lipinski definition) is 1. The third-order valence-electron chi connectivity index (χ3n) is 3.77. The fourth-order valence-electron chi connectivity index (χ4n) is 2.50. The summed E-state index contributed by atoms with van der Waals surface area (Å²) in [7, 11) is 0.